The molecule has 0 atom stereocenters. The van der Waals surface area contributed by atoms with E-state index in [-0.39, 0.29) is 5.75 Å². The number of nitrogens with one attached hydrogen (secondary N) is 2. The van der Waals surface area contributed by atoms with Crippen LogP contribution in [0.1, 0.15) is 0 Å². The van der Waals surface area contributed by atoms with Gasteiger partial charge in [-0.25, -0.2) is 4.98 Å². The topological polar surface area (TPSA) is 79.3 Å². The maximum atomic E-state index is 10.1. The molecule has 4 aromatic rings. The molecule has 0 bridgehead atoms. The molecule has 140 valence electrons. The number of phenols is 1. The van der Waals surface area contributed by atoms with E-state index in [0.29, 0.717) is 22.5 Å². The number of halogens is 1. The molecule has 0 saturated carbocycles. The first kappa shape index (κ1) is 17.9. The van der Waals surface area contributed by atoms with E-state index in [9.17, 15) is 5.11 Å². The molecule has 0 saturated heterocycles. The van der Waals surface area contributed by atoms with Crippen LogP contribution in [0.4, 0.5) is 23.1 Å². The standard InChI is InChI=1S/C21H17ClN4O2/c1-28-15-9-7-14(8-10-15)23-20-16-4-2-3-5-17(16)24-21(26-20)25-18-12-13(22)6-11-19(18)27/h2-12,27H,1H3,(H2,23,24,25,26). The van der Waals surface area contributed by atoms with E-state index < -0.39 is 0 Å². The number of benzene rings is 3. The number of para-hydroxylation sites is 1. The van der Waals surface area contributed by atoms with Crippen LogP contribution in [0.2, 0.25) is 5.02 Å². The molecular formula is C21H17ClN4O2. The fourth-order valence-electron chi connectivity index (χ4n) is 2.77. The highest BCUT2D eigenvalue weighted by molar-refractivity contribution is 6.31. The largest absolute Gasteiger partial charge is 0.506 e. The second-order valence-corrected chi connectivity index (χ2v) is 6.49. The number of nitrogens with zero attached hydrogens (tertiary/aromatic N) is 2. The maximum absolute atomic E-state index is 10.1. The predicted molar refractivity (Wildman–Crippen MR) is 112 cm³/mol. The Bertz CT molecular complexity index is 1130. The van der Waals surface area contributed by atoms with Crippen molar-refractivity contribution in [1.29, 1.82) is 0 Å². The monoisotopic (exact) mass is 392 g/mol. The zero-order valence-corrected chi connectivity index (χ0v) is 15.7. The minimum atomic E-state index is 0.0609. The molecule has 0 aliphatic heterocycles. The summed E-state index contributed by atoms with van der Waals surface area (Å²) in [6.07, 6.45) is 0. The average Bonchev–Trinajstić information content (AvgIpc) is 2.71. The number of aromatic nitrogens is 2. The molecule has 0 radical (unpaired) electrons. The van der Waals surface area contributed by atoms with Gasteiger partial charge in [0.25, 0.3) is 0 Å². The van der Waals surface area contributed by atoms with Gasteiger partial charge in [-0.15, -0.1) is 0 Å². The molecule has 28 heavy (non-hydrogen) atoms. The van der Waals surface area contributed by atoms with Crippen molar-refractivity contribution in [1.82, 2.24) is 9.97 Å². The Morgan fingerprint density at radius 3 is 2.50 bits per heavy atom. The number of anilines is 4. The summed E-state index contributed by atoms with van der Waals surface area (Å²) in [6.45, 7) is 0. The molecule has 0 amide bonds. The first-order valence-electron chi connectivity index (χ1n) is 8.56. The van der Waals surface area contributed by atoms with E-state index in [4.69, 9.17) is 16.3 Å². The van der Waals surface area contributed by atoms with Crippen molar-refractivity contribution >= 4 is 45.6 Å². The highest BCUT2D eigenvalue weighted by Crippen LogP contribution is 2.31. The summed E-state index contributed by atoms with van der Waals surface area (Å²) < 4.78 is 5.20. The van der Waals surface area contributed by atoms with Crippen molar-refractivity contribution < 1.29 is 9.84 Å². The van der Waals surface area contributed by atoms with Crippen molar-refractivity contribution in [2.75, 3.05) is 17.7 Å². The van der Waals surface area contributed by atoms with E-state index >= 15 is 0 Å². The maximum Gasteiger partial charge on any atom is 0.229 e. The SMILES string of the molecule is COc1ccc(Nc2nc(Nc3cc(Cl)ccc3O)nc3ccccc23)cc1. The lowest BCUT2D eigenvalue weighted by atomic mass is 10.2. The molecule has 3 N–H and O–H groups in total. The molecule has 7 heteroatoms. The number of hydrogen-bond acceptors (Lipinski definition) is 6. The van der Waals surface area contributed by atoms with E-state index in [0.717, 1.165) is 22.3 Å². The van der Waals surface area contributed by atoms with Crippen molar-refractivity contribution in [3.63, 3.8) is 0 Å². The molecule has 0 fully saturated rings. The summed E-state index contributed by atoms with van der Waals surface area (Å²) in [5, 5.41) is 17.8. The van der Waals surface area contributed by atoms with Gasteiger partial charge < -0.3 is 20.5 Å². The van der Waals surface area contributed by atoms with Gasteiger partial charge in [-0.1, -0.05) is 23.7 Å². The van der Waals surface area contributed by atoms with Gasteiger partial charge in [0.2, 0.25) is 5.95 Å². The highest BCUT2D eigenvalue weighted by Gasteiger charge is 2.10. The lowest BCUT2D eigenvalue weighted by Gasteiger charge is -2.13. The Morgan fingerprint density at radius 1 is 0.929 bits per heavy atom. The van der Waals surface area contributed by atoms with Crippen molar-refractivity contribution in [2.24, 2.45) is 0 Å². The molecule has 1 aromatic heterocycles. The van der Waals surface area contributed by atoms with Crippen LogP contribution in [0.25, 0.3) is 10.9 Å². The second kappa shape index (κ2) is 7.62. The molecule has 3 aromatic carbocycles. The van der Waals surface area contributed by atoms with Gasteiger partial charge in [-0.2, -0.15) is 4.98 Å². The number of phenolic OH excluding ortho intramolecular Hbond substituents is 1. The zero-order chi connectivity index (χ0) is 19.5. The van der Waals surface area contributed by atoms with Crippen LogP contribution in [-0.4, -0.2) is 22.2 Å². The van der Waals surface area contributed by atoms with Crippen LogP contribution in [0.15, 0.2) is 66.7 Å². The average molecular weight is 393 g/mol. The van der Waals surface area contributed by atoms with Gasteiger partial charge in [0, 0.05) is 16.1 Å². The van der Waals surface area contributed by atoms with Crippen LogP contribution in [-0.2, 0) is 0 Å². The minimum absolute atomic E-state index is 0.0609. The number of fused-ring (bicyclic) bond motifs is 1. The van der Waals surface area contributed by atoms with Gasteiger partial charge >= 0.3 is 0 Å². The minimum Gasteiger partial charge on any atom is -0.506 e. The summed E-state index contributed by atoms with van der Waals surface area (Å²) in [7, 11) is 1.63. The van der Waals surface area contributed by atoms with Gasteiger partial charge in [0.15, 0.2) is 0 Å². The van der Waals surface area contributed by atoms with Crippen molar-refractivity contribution in [2.45, 2.75) is 0 Å². The van der Waals surface area contributed by atoms with Gasteiger partial charge in [-0.05, 0) is 54.6 Å². The van der Waals surface area contributed by atoms with Crippen molar-refractivity contribution in [3.05, 3.63) is 71.8 Å². The number of rotatable bonds is 5. The van der Waals surface area contributed by atoms with Gasteiger partial charge in [0.1, 0.15) is 17.3 Å². The first-order chi connectivity index (χ1) is 13.6. The predicted octanol–water partition coefficient (Wildman–Crippen LogP) is 5.48. The van der Waals surface area contributed by atoms with Crippen LogP contribution in [0.3, 0.4) is 0 Å². The third-order valence-electron chi connectivity index (χ3n) is 4.16. The summed E-state index contributed by atoms with van der Waals surface area (Å²) in [4.78, 5) is 9.12. The molecule has 0 spiro atoms. The Morgan fingerprint density at radius 2 is 1.71 bits per heavy atom. The van der Waals surface area contributed by atoms with Gasteiger partial charge in [-0.3, -0.25) is 0 Å². The fraction of sp³-hybridized carbons (Fsp3) is 0.0476. The summed E-state index contributed by atoms with van der Waals surface area (Å²) >= 11 is 6.03. The molecule has 6 nitrogen and oxygen atoms in total. The molecule has 0 aliphatic rings. The highest BCUT2D eigenvalue weighted by atomic mass is 35.5. The number of methoxy groups -OCH3 is 1. The summed E-state index contributed by atoms with van der Waals surface area (Å²) in [5.74, 6) is 1.81. The van der Waals surface area contributed by atoms with E-state index in [1.165, 1.54) is 6.07 Å². The number of aromatic hydroxyl groups is 1. The van der Waals surface area contributed by atoms with E-state index in [2.05, 4.69) is 20.6 Å². The zero-order valence-electron chi connectivity index (χ0n) is 15.0. The van der Waals surface area contributed by atoms with Crippen LogP contribution >= 0.6 is 11.6 Å². The summed E-state index contributed by atoms with van der Waals surface area (Å²) in [6, 6.07) is 20.0. The van der Waals surface area contributed by atoms with Crippen LogP contribution in [0.5, 0.6) is 11.5 Å². The molecule has 4 rings (SSSR count). The molecule has 0 unspecified atom stereocenters. The molecular weight excluding hydrogens is 376 g/mol. The lowest BCUT2D eigenvalue weighted by Crippen LogP contribution is -2.02. The Kier molecular flexibility index (Phi) is 4.87. The van der Waals surface area contributed by atoms with E-state index in [1.807, 2.05) is 48.5 Å². The normalized spacial score (nSPS) is 10.6. The second-order valence-electron chi connectivity index (χ2n) is 6.05. The quantitative estimate of drug-likeness (QED) is 0.390. The Hall–Kier alpha value is -3.51. The smallest absolute Gasteiger partial charge is 0.229 e. The first-order valence-corrected chi connectivity index (χ1v) is 8.93. The van der Waals surface area contributed by atoms with Crippen LogP contribution < -0.4 is 15.4 Å². The van der Waals surface area contributed by atoms with Gasteiger partial charge in [0.05, 0.1) is 18.3 Å². The molecule has 0 aliphatic carbocycles. The Balaban J connectivity index is 1.73. The van der Waals surface area contributed by atoms with Crippen LogP contribution in [0, 0.1) is 0 Å². The van der Waals surface area contributed by atoms with Crippen molar-refractivity contribution in [3.8, 4) is 11.5 Å². The Labute approximate surface area is 166 Å². The molecule has 1 heterocycles. The number of ether oxygens (including phenoxy) is 1. The fourth-order valence-corrected chi connectivity index (χ4v) is 2.94. The lowest BCUT2D eigenvalue weighted by molar-refractivity contribution is 0.415. The summed E-state index contributed by atoms with van der Waals surface area (Å²) in [5.41, 5.74) is 2.05. The third kappa shape index (κ3) is 3.77. The van der Waals surface area contributed by atoms with E-state index in [1.54, 1.807) is 19.2 Å². The third-order valence-corrected chi connectivity index (χ3v) is 4.40. The number of hydrogen-bond donors (Lipinski definition) is 3.